The van der Waals surface area contributed by atoms with E-state index in [1.807, 2.05) is 18.2 Å². The van der Waals surface area contributed by atoms with Gasteiger partial charge < -0.3 is 5.73 Å². The van der Waals surface area contributed by atoms with E-state index in [1.54, 1.807) is 6.20 Å². The van der Waals surface area contributed by atoms with Crippen LogP contribution in [0.2, 0.25) is 0 Å². The number of nitrogens with two attached hydrogens (primary N) is 1. The summed E-state index contributed by atoms with van der Waals surface area (Å²) in [5.74, 6) is 0. The molecule has 0 aromatic carbocycles. The largest absolute Gasteiger partial charge is 0.328 e. The second-order valence-corrected chi connectivity index (χ2v) is 4.95. The van der Waals surface area contributed by atoms with E-state index in [1.165, 1.54) is 6.42 Å². The zero-order valence-electron chi connectivity index (χ0n) is 11.4. The molecule has 0 bridgehead atoms. The van der Waals surface area contributed by atoms with Gasteiger partial charge >= 0.3 is 0 Å². The second-order valence-electron chi connectivity index (χ2n) is 4.95. The number of aromatic nitrogens is 1. The van der Waals surface area contributed by atoms with Crippen LogP contribution in [0.3, 0.4) is 0 Å². The summed E-state index contributed by atoms with van der Waals surface area (Å²) in [6.45, 7) is 4.25. The topological polar surface area (TPSA) is 62.7 Å². The molecule has 2 rings (SSSR count). The molecule has 1 saturated carbocycles. The Hall–Kier alpha value is -1.40. The molecule has 1 heterocycles. The van der Waals surface area contributed by atoms with Gasteiger partial charge in [0.05, 0.1) is 17.2 Å². The molecule has 0 unspecified atom stereocenters. The van der Waals surface area contributed by atoms with Crippen LogP contribution in [-0.2, 0) is 5.41 Å². The molecule has 1 aliphatic carbocycles. The molecular formula is C15H23N3. The van der Waals surface area contributed by atoms with Crippen molar-refractivity contribution >= 4 is 0 Å². The van der Waals surface area contributed by atoms with E-state index in [9.17, 15) is 5.26 Å². The van der Waals surface area contributed by atoms with Gasteiger partial charge in [0.25, 0.3) is 0 Å². The maximum absolute atomic E-state index is 9.35. The van der Waals surface area contributed by atoms with Crippen LogP contribution in [0.25, 0.3) is 0 Å². The molecular weight excluding hydrogens is 222 g/mol. The Kier molecular flexibility index (Phi) is 5.80. The van der Waals surface area contributed by atoms with Crippen molar-refractivity contribution in [3.8, 4) is 6.07 Å². The van der Waals surface area contributed by atoms with E-state index in [0.29, 0.717) is 0 Å². The van der Waals surface area contributed by atoms with Gasteiger partial charge in [0, 0.05) is 12.2 Å². The minimum Gasteiger partial charge on any atom is -0.328 e. The molecule has 0 saturated heterocycles. The van der Waals surface area contributed by atoms with Crippen LogP contribution < -0.4 is 5.73 Å². The Labute approximate surface area is 110 Å². The SMILES string of the molecule is CCC.N#CC1(c2ccccn2)CCC(N)CC1. The van der Waals surface area contributed by atoms with Gasteiger partial charge in [-0.05, 0) is 37.8 Å². The molecule has 3 nitrogen and oxygen atoms in total. The van der Waals surface area contributed by atoms with E-state index in [-0.39, 0.29) is 6.04 Å². The smallest absolute Gasteiger partial charge is 0.0994 e. The van der Waals surface area contributed by atoms with Crippen LogP contribution >= 0.6 is 0 Å². The molecule has 2 N–H and O–H groups in total. The highest BCUT2D eigenvalue weighted by molar-refractivity contribution is 5.27. The summed E-state index contributed by atoms with van der Waals surface area (Å²) >= 11 is 0. The standard InChI is InChI=1S/C12H15N3.C3H8/c13-9-12(6-4-10(14)5-7-12)11-3-1-2-8-15-11;1-3-2/h1-3,8,10H,4-7,14H2;3H2,1-2H3. The van der Waals surface area contributed by atoms with Crippen LogP contribution in [0.1, 0.15) is 51.6 Å². The molecule has 0 radical (unpaired) electrons. The highest BCUT2D eigenvalue weighted by atomic mass is 14.7. The third-order valence-corrected chi connectivity index (χ3v) is 3.25. The van der Waals surface area contributed by atoms with Crippen LogP contribution in [0.15, 0.2) is 24.4 Å². The molecule has 0 amide bonds. The number of nitriles is 1. The van der Waals surface area contributed by atoms with Crippen molar-refractivity contribution in [3.05, 3.63) is 30.1 Å². The summed E-state index contributed by atoms with van der Waals surface area (Å²) in [5, 5.41) is 9.35. The van der Waals surface area contributed by atoms with Gasteiger partial charge in [-0.1, -0.05) is 26.3 Å². The molecule has 0 aliphatic heterocycles. The quantitative estimate of drug-likeness (QED) is 0.826. The van der Waals surface area contributed by atoms with Gasteiger partial charge in [-0.15, -0.1) is 0 Å². The predicted molar refractivity (Wildman–Crippen MR) is 73.9 cm³/mol. The maximum atomic E-state index is 9.35. The normalized spacial score (nSPS) is 26.7. The fraction of sp³-hybridized carbons (Fsp3) is 0.600. The molecule has 1 aromatic rings. The zero-order chi connectivity index (χ0) is 13.4. The van der Waals surface area contributed by atoms with Gasteiger partial charge in [0.15, 0.2) is 0 Å². The van der Waals surface area contributed by atoms with Crippen LogP contribution in [0, 0.1) is 11.3 Å². The summed E-state index contributed by atoms with van der Waals surface area (Å²) < 4.78 is 0. The fourth-order valence-corrected chi connectivity index (χ4v) is 2.20. The van der Waals surface area contributed by atoms with Crippen molar-refractivity contribution in [2.75, 3.05) is 0 Å². The highest BCUT2D eigenvalue weighted by Gasteiger charge is 2.37. The van der Waals surface area contributed by atoms with Gasteiger partial charge in [-0.3, -0.25) is 4.98 Å². The van der Waals surface area contributed by atoms with Gasteiger partial charge in [-0.2, -0.15) is 5.26 Å². The van der Waals surface area contributed by atoms with Crippen molar-refractivity contribution in [1.29, 1.82) is 5.26 Å². The number of hydrogen-bond donors (Lipinski definition) is 1. The van der Waals surface area contributed by atoms with Crippen LogP contribution in [0.5, 0.6) is 0 Å². The van der Waals surface area contributed by atoms with Crippen molar-refractivity contribution < 1.29 is 0 Å². The minimum absolute atomic E-state index is 0.259. The lowest BCUT2D eigenvalue weighted by Crippen LogP contribution is -2.36. The van der Waals surface area contributed by atoms with Gasteiger partial charge in [0.1, 0.15) is 0 Å². The summed E-state index contributed by atoms with van der Waals surface area (Å²) in [7, 11) is 0. The third-order valence-electron chi connectivity index (χ3n) is 3.25. The zero-order valence-corrected chi connectivity index (χ0v) is 11.4. The molecule has 18 heavy (non-hydrogen) atoms. The van der Waals surface area contributed by atoms with Crippen molar-refractivity contribution in [2.45, 2.75) is 57.4 Å². The van der Waals surface area contributed by atoms with Crippen LogP contribution in [-0.4, -0.2) is 11.0 Å². The maximum Gasteiger partial charge on any atom is 0.0994 e. The van der Waals surface area contributed by atoms with E-state index >= 15 is 0 Å². The van der Waals surface area contributed by atoms with E-state index in [4.69, 9.17) is 5.73 Å². The summed E-state index contributed by atoms with van der Waals surface area (Å²) in [6, 6.07) is 8.46. The van der Waals surface area contributed by atoms with E-state index < -0.39 is 5.41 Å². The van der Waals surface area contributed by atoms with Gasteiger partial charge in [-0.25, -0.2) is 0 Å². The minimum atomic E-state index is -0.392. The molecule has 98 valence electrons. The van der Waals surface area contributed by atoms with E-state index in [2.05, 4.69) is 24.9 Å². The molecule has 0 spiro atoms. The summed E-state index contributed by atoms with van der Waals surface area (Å²) in [5.41, 5.74) is 6.37. The lowest BCUT2D eigenvalue weighted by Gasteiger charge is -2.32. The second kappa shape index (κ2) is 7.13. The summed E-state index contributed by atoms with van der Waals surface area (Å²) in [4.78, 5) is 4.31. The monoisotopic (exact) mass is 245 g/mol. The Bertz CT molecular complexity index is 372. The fourth-order valence-electron chi connectivity index (χ4n) is 2.20. The number of nitrogens with zero attached hydrogens (tertiary/aromatic N) is 2. The number of rotatable bonds is 1. The molecule has 0 atom stereocenters. The number of pyridine rings is 1. The summed E-state index contributed by atoms with van der Waals surface area (Å²) in [6.07, 6.45) is 6.51. The predicted octanol–water partition coefficient (Wildman–Crippen LogP) is 3.16. The van der Waals surface area contributed by atoms with Crippen molar-refractivity contribution in [2.24, 2.45) is 5.73 Å². The lowest BCUT2D eigenvalue weighted by atomic mass is 9.71. The van der Waals surface area contributed by atoms with Crippen molar-refractivity contribution in [3.63, 3.8) is 0 Å². The molecule has 1 fully saturated rings. The first-order chi connectivity index (χ1) is 8.68. The Balaban J connectivity index is 0.000000492. The Morgan fingerprint density at radius 2 is 2.00 bits per heavy atom. The first kappa shape index (κ1) is 14.7. The third kappa shape index (κ3) is 3.54. The van der Waals surface area contributed by atoms with Gasteiger partial charge in [0.2, 0.25) is 0 Å². The number of hydrogen-bond acceptors (Lipinski definition) is 3. The Morgan fingerprint density at radius 1 is 1.39 bits per heavy atom. The molecule has 3 heteroatoms. The Morgan fingerprint density at radius 3 is 2.44 bits per heavy atom. The first-order valence-electron chi connectivity index (χ1n) is 6.77. The molecule has 1 aromatic heterocycles. The first-order valence-corrected chi connectivity index (χ1v) is 6.77. The molecule has 1 aliphatic rings. The average Bonchev–Trinajstić information content (AvgIpc) is 2.42. The highest BCUT2D eigenvalue weighted by Crippen LogP contribution is 2.37. The van der Waals surface area contributed by atoms with Crippen molar-refractivity contribution in [1.82, 2.24) is 4.98 Å². The van der Waals surface area contributed by atoms with Crippen LogP contribution in [0.4, 0.5) is 0 Å². The lowest BCUT2D eigenvalue weighted by molar-refractivity contribution is 0.326. The van der Waals surface area contributed by atoms with E-state index in [0.717, 1.165) is 31.4 Å². The average molecular weight is 245 g/mol.